The number of para-hydroxylation sites is 1. The van der Waals surface area contributed by atoms with Gasteiger partial charge in [-0.25, -0.2) is 8.78 Å². The molecule has 0 aliphatic heterocycles. The quantitative estimate of drug-likeness (QED) is 0.685. The highest BCUT2D eigenvalue weighted by Crippen LogP contribution is 2.31. The van der Waals surface area contributed by atoms with Gasteiger partial charge in [0.1, 0.15) is 22.9 Å². The molecule has 0 aliphatic rings. The molecule has 0 fully saturated rings. The summed E-state index contributed by atoms with van der Waals surface area (Å²) in [7, 11) is 0. The average molecular weight is 303 g/mol. The smallest absolute Gasteiger partial charge is 0.147 e. The maximum atomic E-state index is 14.1. The minimum atomic E-state index is -0.446. The first-order chi connectivity index (χ1) is 10.1. The van der Waals surface area contributed by atoms with Crippen molar-refractivity contribution in [2.75, 3.05) is 0 Å². The van der Waals surface area contributed by atoms with E-state index in [1.54, 1.807) is 18.2 Å². The Kier molecular flexibility index (Phi) is 3.36. The van der Waals surface area contributed by atoms with Gasteiger partial charge in [-0.1, -0.05) is 35.9 Å². The SMILES string of the molecule is N#Cc1c(Cl)n(Cc2ccc(F)cc2)c2c(F)cccc12. The molecule has 1 heterocycles. The molecular formula is C16H9ClF2N2. The molecule has 0 saturated carbocycles. The van der Waals surface area contributed by atoms with Gasteiger partial charge in [0.2, 0.25) is 0 Å². The zero-order chi connectivity index (χ0) is 15.0. The standard InChI is InChI=1S/C16H9ClF2N2/c17-16-13(8-20)12-2-1-3-14(19)15(12)21(16)9-10-4-6-11(18)7-5-10/h1-7H,9H2. The molecule has 5 heteroatoms. The van der Waals surface area contributed by atoms with Crippen LogP contribution >= 0.6 is 11.6 Å². The van der Waals surface area contributed by atoms with Crippen LogP contribution < -0.4 is 0 Å². The molecule has 2 aromatic carbocycles. The number of benzene rings is 2. The van der Waals surface area contributed by atoms with Crippen LogP contribution in [0, 0.1) is 23.0 Å². The lowest BCUT2D eigenvalue weighted by molar-refractivity contribution is 0.623. The van der Waals surface area contributed by atoms with Gasteiger partial charge in [-0.2, -0.15) is 5.26 Å². The van der Waals surface area contributed by atoms with Gasteiger partial charge in [0.05, 0.1) is 11.1 Å². The average Bonchev–Trinajstić information content (AvgIpc) is 2.75. The molecule has 104 valence electrons. The first-order valence-electron chi connectivity index (χ1n) is 6.22. The molecule has 0 saturated heterocycles. The summed E-state index contributed by atoms with van der Waals surface area (Å²) in [4.78, 5) is 0. The Hall–Kier alpha value is -2.38. The molecule has 0 unspecified atom stereocenters. The van der Waals surface area contributed by atoms with Gasteiger partial charge in [-0.3, -0.25) is 0 Å². The van der Waals surface area contributed by atoms with Crippen LogP contribution in [0.4, 0.5) is 8.78 Å². The Morgan fingerprint density at radius 3 is 2.48 bits per heavy atom. The number of nitriles is 1. The van der Waals surface area contributed by atoms with E-state index in [2.05, 4.69) is 0 Å². The van der Waals surface area contributed by atoms with Crippen molar-refractivity contribution in [2.45, 2.75) is 6.54 Å². The van der Waals surface area contributed by atoms with E-state index in [0.29, 0.717) is 5.39 Å². The minimum absolute atomic E-state index is 0.182. The van der Waals surface area contributed by atoms with Crippen LogP contribution in [0.2, 0.25) is 5.15 Å². The fourth-order valence-corrected chi connectivity index (χ4v) is 2.65. The van der Waals surface area contributed by atoms with Crippen LogP contribution in [0.1, 0.15) is 11.1 Å². The van der Waals surface area contributed by atoms with E-state index >= 15 is 0 Å². The zero-order valence-electron chi connectivity index (χ0n) is 10.8. The van der Waals surface area contributed by atoms with E-state index in [0.717, 1.165) is 5.56 Å². The summed E-state index contributed by atoms with van der Waals surface area (Å²) in [6, 6.07) is 12.4. The predicted molar refractivity (Wildman–Crippen MR) is 77.1 cm³/mol. The molecule has 21 heavy (non-hydrogen) atoms. The monoisotopic (exact) mass is 302 g/mol. The molecule has 3 aromatic rings. The normalized spacial score (nSPS) is 10.8. The number of fused-ring (bicyclic) bond motifs is 1. The van der Waals surface area contributed by atoms with Gasteiger partial charge in [0.25, 0.3) is 0 Å². The number of rotatable bonds is 2. The van der Waals surface area contributed by atoms with Crippen molar-refractivity contribution >= 4 is 22.5 Å². The summed E-state index contributed by atoms with van der Waals surface area (Å²) < 4.78 is 28.6. The third-order valence-corrected chi connectivity index (χ3v) is 3.73. The van der Waals surface area contributed by atoms with Crippen LogP contribution in [-0.4, -0.2) is 4.57 Å². The molecule has 2 nitrogen and oxygen atoms in total. The third-order valence-electron chi connectivity index (χ3n) is 3.34. The Morgan fingerprint density at radius 1 is 1.10 bits per heavy atom. The van der Waals surface area contributed by atoms with Crippen molar-refractivity contribution in [3.63, 3.8) is 0 Å². The molecular weight excluding hydrogens is 294 g/mol. The van der Waals surface area contributed by atoms with E-state index in [1.165, 1.54) is 28.8 Å². The maximum absolute atomic E-state index is 14.1. The predicted octanol–water partition coefficient (Wildman–Crippen LogP) is 4.49. The zero-order valence-corrected chi connectivity index (χ0v) is 11.5. The Labute approximate surface area is 124 Å². The highest BCUT2D eigenvalue weighted by molar-refractivity contribution is 6.32. The van der Waals surface area contributed by atoms with E-state index in [9.17, 15) is 14.0 Å². The van der Waals surface area contributed by atoms with Crippen LogP contribution in [-0.2, 0) is 6.54 Å². The van der Waals surface area contributed by atoms with Crippen molar-refractivity contribution in [1.29, 1.82) is 5.26 Å². The fourth-order valence-electron chi connectivity index (χ4n) is 2.36. The van der Waals surface area contributed by atoms with Crippen molar-refractivity contribution in [1.82, 2.24) is 4.57 Å². The lowest BCUT2D eigenvalue weighted by Crippen LogP contribution is -2.01. The topological polar surface area (TPSA) is 28.7 Å². The lowest BCUT2D eigenvalue weighted by atomic mass is 10.2. The largest absolute Gasteiger partial charge is 0.324 e. The lowest BCUT2D eigenvalue weighted by Gasteiger charge is -2.08. The van der Waals surface area contributed by atoms with Crippen molar-refractivity contribution in [2.24, 2.45) is 0 Å². The van der Waals surface area contributed by atoms with Crippen LogP contribution in [0.5, 0.6) is 0 Å². The van der Waals surface area contributed by atoms with Gasteiger partial charge in [-0.05, 0) is 23.8 Å². The summed E-state index contributed by atoms with van der Waals surface area (Å²) in [5.74, 6) is -0.788. The number of halogens is 3. The number of nitrogens with zero attached hydrogens (tertiary/aromatic N) is 2. The van der Waals surface area contributed by atoms with Gasteiger partial charge in [0, 0.05) is 11.9 Å². The van der Waals surface area contributed by atoms with Crippen molar-refractivity contribution in [3.8, 4) is 6.07 Å². The molecule has 0 amide bonds. The van der Waals surface area contributed by atoms with Gasteiger partial charge >= 0.3 is 0 Å². The fraction of sp³-hybridized carbons (Fsp3) is 0.0625. The summed E-state index contributed by atoms with van der Waals surface area (Å²) in [6.45, 7) is 0.262. The van der Waals surface area contributed by atoms with E-state index < -0.39 is 5.82 Å². The highest BCUT2D eigenvalue weighted by Gasteiger charge is 2.18. The first kappa shape index (κ1) is 13.6. The van der Waals surface area contributed by atoms with Crippen LogP contribution in [0.25, 0.3) is 10.9 Å². The third kappa shape index (κ3) is 2.26. The number of hydrogen-bond acceptors (Lipinski definition) is 1. The van der Waals surface area contributed by atoms with E-state index in [1.807, 2.05) is 6.07 Å². The van der Waals surface area contributed by atoms with Crippen molar-refractivity contribution in [3.05, 3.63) is 70.4 Å². The minimum Gasteiger partial charge on any atom is -0.324 e. The Balaban J connectivity index is 2.20. The van der Waals surface area contributed by atoms with Crippen molar-refractivity contribution < 1.29 is 8.78 Å². The molecule has 0 bridgehead atoms. The molecule has 0 spiro atoms. The van der Waals surface area contributed by atoms with E-state index in [-0.39, 0.29) is 28.6 Å². The van der Waals surface area contributed by atoms with Crippen LogP contribution in [0.3, 0.4) is 0 Å². The van der Waals surface area contributed by atoms with Crippen LogP contribution in [0.15, 0.2) is 42.5 Å². The molecule has 0 atom stereocenters. The molecule has 0 radical (unpaired) electrons. The number of aromatic nitrogens is 1. The van der Waals surface area contributed by atoms with Gasteiger partial charge in [-0.15, -0.1) is 0 Å². The molecule has 1 aromatic heterocycles. The Morgan fingerprint density at radius 2 is 1.81 bits per heavy atom. The number of hydrogen-bond donors (Lipinski definition) is 0. The Bertz CT molecular complexity index is 861. The summed E-state index contributed by atoms with van der Waals surface area (Å²) in [5, 5.41) is 9.86. The molecule has 0 N–H and O–H groups in total. The second-order valence-electron chi connectivity index (χ2n) is 4.63. The van der Waals surface area contributed by atoms with Gasteiger partial charge in [0.15, 0.2) is 0 Å². The summed E-state index contributed by atoms with van der Waals surface area (Å²) in [5.41, 5.74) is 1.29. The highest BCUT2D eigenvalue weighted by atomic mass is 35.5. The summed E-state index contributed by atoms with van der Waals surface area (Å²) in [6.07, 6.45) is 0. The second kappa shape index (κ2) is 5.19. The molecule has 0 aliphatic carbocycles. The second-order valence-corrected chi connectivity index (χ2v) is 4.98. The molecule has 3 rings (SSSR count). The summed E-state index contributed by atoms with van der Waals surface area (Å²) >= 11 is 6.21. The van der Waals surface area contributed by atoms with E-state index in [4.69, 9.17) is 11.6 Å². The van der Waals surface area contributed by atoms with Gasteiger partial charge < -0.3 is 4.57 Å². The first-order valence-corrected chi connectivity index (χ1v) is 6.60. The maximum Gasteiger partial charge on any atom is 0.147 e.